The summed E-state index contributed by atoms with van der Waals surface area (Å²) in [7, 11) is -3.02. The van der Waals surface area contributed by atoms with Crippen molar-refractivity contribution >= 4 is 21.6 Å². The zero-order valence-corrected chi connectivity index (χ0v) is 9.37. The van der Waals surface area contributed by atoms with Gasteiger partial charge in [0.2, 0.25) is 10.0 Å². The second-order valence-electron chi connectivity index (χ2n) is 3.74. The molecule has 1 aliphatic rings. The number of sulfonamides is 1. The first-order chi connectivity index (χ1) is 5.97. The fraction of sp³-hybridized carbons (Fsp3) is 1.00. The van der Waals surface area contributed by atoms with Gasteiger partial charge in [-0.05, 0) is 31.6 Å². The minimum absolute atomic E-state index is 0.300. The van der Waals surface area contributed by atoms with Crippen LogP contribution in [-0.2, 0) is 10.0 Å². The van der Waals surface area contributed by atoms with Gasteiger partial charge in [-0.15, -0.1) is 11.6 Å². The zero-order valence-electron chi connectivity index (χ0n) is 7.79. The lowest BCUT2D eigenvalue weighted by atomic mass is 9.89. The monoisotopic (exact) mass is 225 g/mol. The van der Waals surface area contributed by atoms with Gasteiger partial charge in [-0.2, -0.15) is 0 Å². The van der Waals surface area contributed by atoms with Gasteiger partial charge in [-0.3, -0.25) is 0 Å². The van der Waals surface area contributed by atoms with Crippen molar-refractivity contribution in [2.24, 2.45) is 5.92 Å². The first kappa shape index (κ1) is 11.3. The second-order valence-corrected chi connectivity index (χ2v) is 6.19. The van der Waals surface area contributed by atoms with Gasteiger partial charge in [0.15, 0.2) is 0 Å². The van der Waals surface area contributed by atoms with E-state index in [-0.39, 0.29) is 0 Å². The summed E-state index contributed by atoms with van der Waals surface area (Å²) in [6.45, 7) is 0.572. The maximum absolute atomic E-state index is 10.8. The van der Waals surface area contributed by atoms with Gasteiger partial charge in [0.25, 0.3) is 0 Å². The average Bonchev–Trinajstić information content (AvgIpc) is 2.02. The molecule has 0 amide bonds. The minimum Gasteiger partial charge on any atom is -0.215 e. The molecule has 0 aromatic heterocycles. The van der Waals surface area contributed by atoms with Gasteiger partial charge in [0, 0.05) is 11.9 Å². The predicted octanol–water partition coefficient (Wildman–Crippen LogP) is 1.33. The van der Waals surface area contributed by atoms with E-state index in [1.165, 1.54) is 6.26 Å². The van der Waals surface area contributed by atoms with Crippen LogP contribution in [0.5, 0.6) is 0 Å². The van der Waals surface area contributed by atoms with Gasteiger partial charge >= 0.3 is 0 Å². The Morgan fingerprint density at radius 3 is 2.31 bits per heavy atom. The van der Waals surface area contributed by atoms with Crippen LogP contribution < -0.4 is 4.72 Å². The van der Waals surface area contributed by atoms with Crippen molar-refractivity contribution < 1.29 is 8.42 Å². The molecule has 0 radical (unpaired) electrons. The quantitative estimate of drug-likeness (QED) is 0.737. The molecule has 1 aliphatic carbocycles. The molecule has 0 saturated heterocycles. The van der Waals surface area contributed by atoms with Crippen molar-refractivity contribution in [3.8, 4) is 0 Å². The molecule has 0 heterocycles. The Kier molecular flexibility index (Phi) is 4.01. The van der Waals surface area contributed by atoms with Gasteiger partial charge in [0.1, 0.15) is 0 Å². The highest BCUT2D eigenvalue weighted by Crippen LogP contribution is 2.26. The first-order valence-corrected chi connectivity index (χ1v) is 6.89. The molecule has 0 aromatic carbocycles. The van der Waals surface area contributed by atoms with E-state index in [1.807, 2.05) is 0 Å². The Labute approximate surface area is 84.9 Å². The lowest BCUT2D eigenvalue weighted by molar-refractivity contribution is 0.361. The lowest BCUT2D eigenvalue weighted by Crippen LogP contribution is -2.30. The van der Waals surface area contributed by atoms with Crippen LogP contribution in [-0.4, -0.2) is 26.6 Å². The minimum atomic E-state index is -3.02. The molecule has 13 heavy (non-hydrogen) atoms. The molecule has 0 atom stereocenters. The van der Waals surface area contributed by atoms with E-state index in [9.17, 15) is 8.42 Å². The number of rotatable bonds is 3. The Bertz CT molecular complexity index is 245. The zero-order chi connectivity index (χ0) is 9.90. The van der Waals surface area contributed by atoms with E-state index in [1.54, 1.807) is 0 Å². The standard InChI is InChI=1S/C8H16ClNO2S/c1-13(11,12)10-6-7-2-4-8(9)5-3-7/h7-8,10H,2-6H2,1H3. The third kappa shape index (κ3) is 4.84. The molecule has 5 heteroatoms. The maximum atomic E-state index is 10.8. The SMILES string of the molecule is CS(=O)(=O)NCC1CCC(Cl)CC1. The van der Waals surface area contributed by atoms with E-state index in [2.05, 4.69) is 4.72 Å². The van der Waals surface area contributed by atoms with Crippen molar-refractivity contribution in [1.82, 2.24) is 4.72 Å². The highest BCUT2D eigenvalue weighted by Gasteiger charge is 2.19. The van der Waals surface area contributed by atoms with Crippen LogP contribution in [0.2, 0.25) is 0 Å². The first-order valence-electron chi connectivity index (χ1n) is 4.56. The van der Waals surface area contributed by atoms with Gasteiger partial charge in [0.05, 0.1) is 6.26 Å². The molecule has 1 saturated carbocycles. The van der Waals surface area contributed by atoms with E-state index < -0.39 is 10.0 Å². The van der Waals surface area contributed by atoms with E-state index in [4.69, 9.17) is 11.6 Å². The summed E-state index contributed by atoms with van der Waals surface area (Å²) in [4.78, 5) is 0. The van der Waals surface area contributed by atoms with Gasteiger partial charge < -0.3 is 0 Å². The predicted molar refractivity (Wildman–Crippen MR) is 54.4 cm³/mol. The Balaban J connectivity index is 2.24. The summed E-state index contributed by atoms with van der Waals surface area (Å²) in [5.41, 5.74) is 0. The summed E-state index contributed by atoms with van der Waals surface area (Å²) >= 11 is 5.93. The van der Waals surface area contributed by atoms with Crippen LogP contribution in [0.25, 0.3) is 0 Å². The van der Waals surface area contributed by atoms with Gasteiger partial charge in [-0.1, -0.05) is 0 Å². The number of alkyl halides is 1. The Morgan fingerprint density at radius 1 is 1.31 bits per heavy atom. The maximum Gasteiger partial charge on any atom is 0.208 e. The highest BCUT2D eigenvalue weighted by atomic mass is 35.5. The Hall–Kier alpha value is 0.200. The Morgan fingerprint density at radius 2 is 1.85 bits per heavy atom. The largest absolute Gasteiger partial charge is 0.215 e. The summed E-state index contributed by atoms with van der Waals surface area (Å²) < 4.78 is 24.1. The molecule has 3 nitrogen and oxygen atoms in total. The fourth-order valence-electron chi connectivity index (χ4n) is 1.60. The number of hydrogen-bond donors (Lipinski definition) is 1. The molecule has 0 unspecified atom stereocenters. The van der Waals surface area contributed by atoms with E-state index in [0.29, 0.717) is 17.8 Å². The molecule has 1 fully saturated rings. The second kappa shape index (κ2) is 4.62. The molecular weight excluding hydrogens is 210 g/mol. The lowest BCUT2D eigenvalue weighted by Gasteiger charge is -2.24. The normalized spacial score (nSPS) is 30.3. The number of nitrogens with one attached hydrogen (secondary N) is 1. The van der Waals surface area contributed by atoms with Crippen molar-refractivity contribution in [2.75, 3.05) is 12.8 Å². The molecule has 0 spiro atoms. The third-order valence-corrected chi connectivity index (χ3v) is 3.54. The van der Waals surface area contributed by atoms with Crippen molar-refractivity contribution in [1.29, 1.82) is 0 Å². The number of halogens is 1. The third-order valence-electron chi connectivity index (χ3n) is 2.41. The van der Waals surface area contributed by atoms with E-state index in [0.717, 1.165) is 25.7 Å². The number of hydrogen-bond acceptors (Lipinski definition) is 2. The topological polar surface area (TPSA) is 46.2 Å². The van der Waals surface area contributed by atoms with Crippen LogP contribution in [0.3, 0.4) is 0 Å². The van der Waals surface area contributed by atoms with Crippen LogP contribution in [0.15, 0.2) is 0 Å². The van der Waals surface area contributed by atoms with Crippen molar-refractivity contribution in [3.63, 3.8) is 0 Å². The van der Waals surface area contributed by atoms with Crippen LogP contribution in [0, 0.1) is 5.92 Å². The summed E-state index contributed by atoms with van der Waals surface area (Å²) in [5.74, 6) is 0.477. The van der Waals surface area contributed by atoms with Crippen molar-refractivity contribution in [2.45, 2.75) is 31.1 Å². The molecule has 0 aliphatic heterocycles. The van der Waals surface area contributed by atoms with Gasteiger partial charge in [-0.25, -0.2) is 13.1 Å². The fourth-order valence-corrected chi connectivity index (χ4v) is 2.39. The smallest absolute Gasteiger partial charge is 0.208 e. The average molecular weight is 226 g/mol. The molecule has 0 bridgehead atoms. The molecule has 1 rings (SSSR count). The van der Waals surface area contributed by atoms with Crippen LogP contribution in [0.1, 0.15) is 25.7 Å². The van der Waals surface area contributed by atoms with Crippen LogP contribution >= 0.6 is 11.6 Å². The van der Waals surface area contributed by atoms with E-state index >= 15 is 0 Å². The molecule has 1 N–H and O–H groups in total. The molecule has 78 valence electrons. The summed E-state index contributed by atoms with van der Waals surface area (Å²) in [6.07, 6.45) is 5.29. The summed E-state index contributed by atoms with van der Waals surface area (Å²) in [5, 5.41) is 0.300. The highest BCUT2D eigenvalue weighted by molar-refractivity contribution is 7.88. The van der Waals surface area contributed by atoms with Crippen molar-refractivity contribution in [3.05, 3.63) is 0 Å². The van der Waals surface area contributed by atoms with Crippen LogP contribution in [0.4, 0.5) is 0 Å². The summed E-state index contributed by atoms with van der Waals surface area (Å²) in [6, 6.07) is 0. The molecule has 0 aromatic rings. The molecular formula is C8H16ClNO2S.